The van der Waals surface area contributed by atoms with Crippen LogP contribution >= 0.6 is 7.92 Å². The van der Waals surface area contributed by atoms with Crippen molar-refractivity contribution in [3.8, 4) is 0 Å². The SMILES string of the molecule is c1ccc(P(c2ccccc2)c2ccccc2[As+](c2ccccc2)(c2ccccc2)c2ccccc2)cc1. The van der Waals surface area contributed by atoms with Gasteiger partial charge in [-0.15, -0.1) is 0 Å². The van der Waals surface area contributed by atoms with Crippen LogP contribution < -0.4 is 33.3 Å². The molecule has 6 aromatic carbocycles. The van der Waals surface area contributed by atoms with Gasteiger partial charge in [-0.1, -0.05) is 0 Å². The van der Waals surface area contributed by atoms with E-state index in [4.69, 9.17) is 0 Å². The van der Waals surface area contributed by atoms with Crippen LogP contribution in [0.15, 0.2) is 176 Å². The second-order valence-electron chi connectivity index (χ2n) is 9.17. The summed E-state index contributed by atoms with van der Waals surface area (Å²) in [4.78, 5) is 0. The molecular weight excluding hydrogens is 538 g/mol. The molecule has 0 spiro atoms. The Bertz CT molecular complexity index is 1450. The van der Waals surface area contributed by atoms with Gasteiger partial charge < -0.3 is 0 Å². The molecular formula is C36H29AsP+. The van der Waals surface area contributed by atoms with Crippen LogP contribution in [0.2, 0.25) is 0 Å². The summed E-state index contributed by atoms with van der Waals surface area (Å²) < 4.78 is 5.80. The normalized spacial score (nSPS) is 11.4. The van der Waals surface area contributed by atoms with E-state index in [1.54, 1.807) is 0 Å². The van der Waals surface area contributed by atoms with E-state index in [0.717, 1.165) is 0 Å². The van der Waals surface area contributed by atoms with Gasteiger partial charge in [0.25, 0.3) is 0 Å². The van der Waals surface area contributed by atoms with Gasteiger partial charge in [0.2, 0.25) is 0 Å². The van der Waals surface area contributed by atoms with Gasteiger partial charge in [-0.05, 0) is 0 Å². The Hall–Kier alpha value is -3.69. The van der Waals surface area contributed by atoms with E-state index in [0.29, 0.717) is 0 Å². The first-order chi connectivity index (χ1) is 18.9. The molecule has 182 valence electrons. The van der Waals surface area contributed by atoms with E-state index in [-0.39, 0.29) is 0 Å². The van der Waals surface area contributed by atoms with E-state index in [2.05, 4.69) is 176 Å². The van der Waals surface area contributed by atoms with Crippen LogP contribution in [0.5, 0.6) is 0 Å². The van der Waals surface area contributed by atoms with Crippen molar-refractivity contribution in [2.45, 2.75) is 0 Å². The molecule has 0 saturated heterocycles. The molecule has 0 bridgehead atoms. The maximum atomic E-state index is 2.43. The Kier molecular flexibility index (Phi) is 7.37. The van der Waals surface area contributed by atoms with Crippen molar-refractivity contribution >= 4 is 54.8 Å². The number of rotatable bonds is 7. The van der Waals surface area contributed by atoms with Crippen LogP contribution in [0, 0.1) is 0 Å². The standard InChI is InChI=1S/C36H29AsP/c1-6-18-30(19-7-1)37(31-20-8-2-9-21-31,32-22-10-3-11-23-32)35-28-16-17-29-36(35)38(33-24-12-4-13-25-33)34-26-14-5-15-27-34/h1-29H/q+1. The Morgan fingerprint density at radius 2 is 0.632 bits per heavy atom. The van der Waals surface area contributed by atoms with Crippen molar-refractivity contribution in [2.75, 3.05) is 0 Å². The quantitative estimate of drug-likeness (QED) is 0.192. The van der Waals surface area contributed by atoms with Gasteiger partial charge in [-0.2, -0.15) is 0 Å². The van der Waals surface area contributed by atoms with Crippen LogP contribution in [0.4, 0.5) is 0 Å². The van der Waals surface area contributed by atoms with Crippen LogP contribution in [0.3, 0.4) is 0 Å². The zero-order valence-corrected chi connectivity index (χ0v) is 23.9. The first-order valence-corrected chi connectivity index (χ1v) is 18.0. The Balaban J connectivity index is 1.74. The molecule has 0 N–H and O–H groups in total. The third-order valence-corrected chi connectivity index (χ3v) is 18.9. The van der Waals surface area contributed by atoms with Crippen molar-refractivity contribution in [3.05, 3.63) is 176 Å². The molecule has 0 amide bonds. The van der Waals surface area contributed by atoms with Crippen molar-refractivity contribution in [2.24, 2.45) is 0 Å². The van der Waals surface area contributed by atoms with Crippen LogP contribution in [0.25, 0.3) is 0 Å². The van der Waals surface area contributed by atoms with E-state index < -0.39 is 21.5 Å². The van der Waals surface area contributed by atoms with Gasteiger partial charge in [0.1, 0.15) is 0 Å². The van der Waals surface area contributed by atoms with E-state index in [9.17, 15) is 0 Å². The van der Waals surface area contributed by atoms with Crippen molar-refractivity contribution in [1.29, 1.82) is 0 Å². The molecule has 2 heteroatoms. The zero-order chi connectivity index (χ0) is 25.6. The van der Waals surface area contributed by atoms with Gasteiger partial charge >= 0.3 is 231 Å². The summed E-state index contributed by atoms with van der Waals surface area (Å²) in [5, 5.41) is 4.21. The summed E-state index contributed by atoms with van der Waals surface area (Å²) in [5.74, 6) is 0. The fourth-order valence-electron chi connectivity index (χ4n) is 5.34. The Labute approximate surface area is 229 Å². The van der Waals surface area contributed by atoms with Crippen LogP contribution in [0.1, 0.15) is 0 Å². The molecule has 0 atom stereocenters. The summed E-state index contributed by atoms with van der Waals surface area (Å²) in [5.41, 5.74) is 0. The molecule has 0 aromatic heterocycles. The number of benzene rings is 6. The molecule has 0 nitrogen and oxygen atoms in total. The molecule has 6 rings (SSSR count). The molecule has 38 heavy (non-hydrogen) atoms. The van der Waals surface area contributed by atoms with Crippen LogP contribution in [-0.4, -0.2) is 13.6 Å². The third kappa shape index (κ3) is 4.56. The topological polar surface area (TPSA) is 0 Å². The maximum absolute atomic E-state index is 3.17. The van der Waals surface area contributed by atoms with Crippen molar-refractivity contribution in [3.63, 3.8) is 0 Å². The fourth-order valence-corrected chi connectivity index (χ4v) is 18.1. The van der Waals surface area contributed by atoms with Gasteiger partial charge in [-0.25, -0.2) is 0 Å². The summed E-state index contributed by atoms with van der Waals surface area (Å²) >= 11 is -3.17. The molecule has 0 unspecified atom stereocenters. The van der Waals surface area contributed by atoms with Gasteiger partial charge in [0, 0.05) is 0 Å². The van der Waals surface area contributed by atoms with Crippen molar-refractivity contribution in [1.82, 2.24) is 0 Å². The zero-order valence-electron chi connectivity index (χ0n) is 21.1. The monoisotopic (exact) mass is 567 g/mol. The Morgan fingerprint density at radius 3 is 1.03 bits per heavy atom. The molecule has 0 radical (unpaired) electrons. The summed E-state index contributed by atoms with van der Waals surface area (Å²) in [6, 6.07) is 65.2. The van der Waals surface area contributed by atoms with E-state index in [1.807, 2.05) is 0 Å². The summed E-state index contributed by atoms with van der Waals surface area (Å²) in [6.45, 7) is 0. The number of hydrogen-bond donors (Lipinski definition) is 0. The predicted octanol–water partition coefficient (Wildman–Crippen LogP) is 4.82. The predicted molar refractivity (Wildman–Crippen MR) is 169 cm³/mol. The molecule has 0 aliphatic rings. The Morgan fingerprint density at radius 1 is 0.316 bits per heavy atom. The van der Waals surface area contributed by atoms with Gasteiger partial charge in [0.05, 0.1) is 0 Å². The minimum atomic E-state index is -3.17. The van der Waals surface area contributed by atoms with E-state index >= 15 is 0 Å². The van der Waals surface area contributed by atoms with Crippen molar-refractivity contribution < 1.29 is 0 Å². The molecule has 0 heterocycles. The fraction of sp³-hybridized carbons (Fsp3) is 0. The molecule has 0 aliphatic heterocycles. The van der Waals surface area contributed by atoms with Gasteiger partial charge in [0.15, 0.2) is 0 Å². The summed E-state index contributed by atoms with van der Waals surface area (Å²) in [6.07, 6.45) is 0. The average molecular weight is 568 g/mol. The third-order valence-electron chi connectivity index (χ3n) is 6.94. The second-order valence-corrected chi connectivity index (χ2v) is 18.4. The van der Waals surface area contributed by atoms with Crippen LogP contribution in [-0.2, 0) is 0 Å². The molecule has 6 aromatic rings. The first kappa shape index (κ1) is 24.6. The van der Waals surface area contributed by atoms with Gasteiger partial charge in [-0.3, -0.25) is 0 Å². The summed E-state index contributed by atoms with van der Waals surface area (Å²) in [7, 11) is -0.759. The first-order valence-electron chi connectivity index (χ1n) is 12.9. The molecule has 0 saturated carbocycles. The second kappa shape index (κ2) is 11.4. The minimum absolute atomic E-state index is 0.759. The average Bonchev–Trinajstić information content (AvgIpc) is 3.01. The molecule has 0 fully saturated rings. The van der Waals surface area contributed by atoms with E-state index in [1.165, 1.54) is 33.3 Å². The number of hydrogen-bond acceptors (Lipinski definition) is 0. The molecule has 0 aliphatic carbocycles.